The molecule has 0 radical (unpaired) electrons. The van der Waals surface area contributed by atoms with Gasteiger partial charge < -0.3 is 14.2 Å². The highest BCUT2D eigenvalue weighted by Gasteiger charge is 2.21. The van der Waals surface area contributed by atoms with E-state index in [-0.39, 0.29) is 18.3 Å². The fourth-order valence-corrected chi connectivity index (χ4v) is 2.10. The molecule has 2 rings (SSSR count). The Bertz CT molecular complexity index is 570. The third-order valence-corrected chi connectivity index (χ3v) is 3.48. The molecule has 0 aromatic heterocycles. The average molecular weight is 328 g/mol. The molecule has 2 atom stereocenters. The van der Waals surface area contributed by atoms with Gasteiger partial charge in [-0.15, -0.1) is 0 Å². The summed E-state index contributed by atoms with van der Waals surface area (Å²) in [6.07, 6.45) is 0.998. The number of ketones is 1. The lowest BCUT2D eigenvalue weighted by atomic mass is 10.1. The molecule has 23 heavy (non-hydrogen) atoms. The van der Waals surface area contributed by atoms with Gasteiger partial charge in [0.25, 0.3) is 0 Å². The number of halogens is 2. The second-order valence-corrected chi connectivity index (χ2v) is 5.27. The predicted octanol–water partition coefficient (Wildman–Crippen LogP) is 2.27. The van der Waals surface area contributed by atoms with Crippen molar-refractivity contribution in [2.45, 2.75) is 32.0 Å². The van der Waals surface area contributed by atoms with E-state index in [0.717, 1.165) is 31.0 Å². The first kappa shape index (κ1) is 17.5. The number of carbonyl (C=O) groups excluding carboxylic acids is 2. The summed E-state index contributed by atoms with van der Waals surface area (Å²) >= 11 is 0. The summed E-state index contributed by atoms with van der Waals surface area (Å²) in [7, 11) is 0. The first-order chi connectivity index (χ1) is 11.0. The number of rotatable bonds is 7. The molecular weight excluding hydrogens is 310 g/mol. The second kappa shape index (κ2) is 8.12. The van der Waals surface area contributed by atoms with Gasteiger partial charge in [-0.2, -0.15) is 0 Å². The Kier molecular flexibility index (Phi) is 6.18. The maximum Gasteiger partial charge on any atom is 0.335 e. The van der Waals surface area contributed by atoms with E-state index in [1.165, 1.54) is 6.92 Å². The molecule has 1 saturated heterocycles. The van der Waals surface area contributed by atoms with Gasteiger partial charge in [-0.1, -0.05) is 0 Å². The molecule has 1 heterocycles. The fraction of sp³-hybridized carbons (Fsp3) is 0.500. The molecule has 1 aliphatic heterocycles. The van der Waals surface area contributed by atoms with Crippen molar-refractivity contribution in [2.24, 2.45) is 0 Å². The van der Waals surface area contributed by atoms with Crippen LogP contribution in [0.15, 0.2) is 18.2 Å². The zero-order valence-electron chi connectivity index (χ0n) is 12.7. The van der Waals surface area contributed by atoms with Gasteiger partial charge in [-0.05, 0) is 38.0 Å². The van der Waals surface area contributed by atoms with Crippen LogP contribution in [0.3, 0.4) is 0 Å². The van der Waals surface area contributed by atoms with Crippen LogP contribution in [0.5, 0.6) is 0 Å². The average Bonchev–Trinajstić information content (AvgIpc) is 3.05. The third-order valence-electron chi connectivity index (χ3n) is 3.48. The summed E-state index contributed by atoms with van der Waals surface area (Å²) in [5.41, 5.74) is -0.0652. The van der Waals surface area contributed by atoms with Crippen LogP contribution in [-0.2, 0) is 19.0 Å². The molecule has 0 spiro atoms. The molecule has 0 aliphatic carbocycles. The van der Waals surface area contributed by atoms with Crippen LogP contribution < -0.4 is 0 Å². The van der Waals surface area contributed by atoms with Gasteiger partial charge in [0.1, 0.15) is 0 Å². The van der Waals surface area contributed by atoms with E-state index in [4.69, 9.17) is 14.2 Å². The molecule has 1 aromatic rings. The summed E-state index contributed by atoms with van der Waals surface area (Å²) in [4.78, 5) is 23.5. The molecular formula is C16H18F2O5. The molecule has 0 N–H and O–H groups in total. The molecule has 2 unspecified atom stereocenters. The largest absolute Gasteiger partial charge is 0.455 e. The maximum atomic E-state index is 13.0. The van der Waals surface area contributed by atoms with Crippen molar-refractivity contribution in [2.75, 3.05) is 19.8 Å². The zero-order valence-corrected chi connectivity index (χ0v) is 12.7. The van der Waals surface area contributed by atoms with E-state index in [1.807, 2.05) is 0 Å². The van der Waals surface area contributed by atoms with Gasteiger partial charge in [-0.25, -0.2) is 13.6 Å². The topological polar surface area (TPSA) is 61.8 Å². The van der Waals surface area contributed by atoms with Crippen LogP contribution >= 0.6 is 0 Å². The van der Waals surface area contributed by atoms with Crippen LogP contribution in [0.1, 0.15) is 30.1 Å². The summed E-state index contributed by atoms with van der Waals surface area (Å²) in [5, 5.41) is 0. The Morgan fingerprint density at radius 2 is 2.13 bits per heavy atom. The lowest BCUT2D eigenvalue weighted by molar-refractivity contribution is -0.156. The highest BCUT2D eigenvalue weighted by Crippen LogP contribution is 2.13. The zero-order chi connectivity index (χ0) is 16.8. The summed E-state index contributed by atoms with van der Waals surface area (Å²) in [6, 6.07) is 2.74. The van der Waals surface area contributed by atoms with Crippen LogP contribution in [0.2, 0.25) is 0 Å². The number of Topliss-reactive ketones (excluding diaryl/α,β-unsaturated/α-hetero) is 1. The molecule has 0 bridgehead atoms. The first-order valence-corrected chi connectivity index (χ1v) is 7.35. The summed E-state index contributed by atoms with van der Waals surface area (Å²) in [6.45, 7) is 1.93. The summed E-state index contributed by atoms with van der Waals surface area (Å²) in [5.74, 6) is -3.49. The molecule has 0 amide bonds. The Morgan fingerprint density at radius 3 is 2.78 bits per heavy atom. The van der Waals surface area contributed by atoms with Gasteiger partial charge in [-0.3, -0.25) is 4.79 Å². The van der Waals surface area contributed by atoms with E-state index >= 15 is 0 Å². The van der Waals surface area contributed by atoms with Gasteiger partial charge in [0.05, 0.1) is 12.7 Å². The molecule has 7 heteroatoms. The standard InChI is InChI=1S/C16H18F2O5/c1-10(22-8-12-3-2-6-21-12)16(20)23-9-15(19)11-4-5-13(17)14(18)7-11/h4-5,7,10,12H,2-3,6,8-9H2,1H3. The molecule has 1 aromatic carbocycles. The van der Waals surface area contributed by atoms with Crippen LogP contribution in [0.4, 0.5) is 8.78 Å². The van der Waals surface area contributed by atoms with Gasteiger partial charge in [0.15, 0.2) is 30.1 Å². The van der Waals surface area contributed by atoms with Crippen molar-refractivity contribution in [3.63, 3.8) is 0 Å². The number of hydrogen-bond donors (Lipinski definition) is 0. The van der Waals surface area contributed by atoms with Crippen molar-refractivity contribution >= 4 is 11.8 Å². The minimum atomic E-state index is -1.13. The van der Waals surface area contributed by atoms with Crippen molar-refractivity contribution in [1.82, 2.24) is 0 Å². The number of hydrogen-bond acceptors (Lipinski definition) is 5. The number of ether oxygens (including phenoxy) is 3. The number of esters is 1. The van der Waals surface area contributed by atoms with Crippen LogP contribution in [-0.4, -0.2) is 43.8 Å². The van der Waals surface area contributed by atoms with Crippen LogP contribution in [0, 0.1) is 11.6 Å². The van der Waals surface area contributed by atoms with E-state index in [1.54, 1.807) is 0 Å². The van der Waals surface area contributed by atoms with E-state index in [9.17, 15) is 18.4 Å². The summed E-state index contributed by atoms with van der Waals surface area (Å²) < 4.78 is 41.4. The number of benzene rings is 1. The smallest absolute Gasteiger partial charge is 0.335 e. The maximum absolute atomic E-state index is 13.0. The quantitative estimate of drug-likeness (QED) is 0.568. The Morgan fingerprint density at radius 1 is 1.35 bits per heavy atom. The molecule has 126 valence electrons. The Labute approximate surface area is 132 Å². The van der Waals surface area contributed by atoms with Gasteiger partial charge in [0.2, 0.25) is 0 Å². The Balaban J connectivity index is 1.75. The van der Waals surface area contributed by atoms with Crippen molar-refractivity contribution < 1.29 is 32.6 Å². The highest BCUT2D eigenvalue weighted by molar-refractivity contribution is 5.98. The predicted molar refractivity (Wildman–Crippen MR) is 76.0 cm³/mol. The normalized spacial score (nSPS) is 18.7. The van der Waals surface area contributed by atoms with Gasteiger partial charge >= 0.3 is 5.97 Å². The Hall–Kier alpha value is -1.86. The minimum Gasteiger partial charge on any atom is -0.455 e. The van der Waals surface area contributed by atoms with Crippen LogP contribution in [0.25, 0.3) is 0 Å². The second-order valence-electron chi connectivity index (χ2n) is 5.27. The lowest BCUT2D eigenvalue weighted by Crippen LogP contribution is -2.29. The van der Waals surface area contributed by atoms with Crippen molar-refractivity contribution in [1.29, 1.82) is 0 Å². The first-order valence-electron chi connectivity index (χ1n) is 7.35. The SMILES string of the molecule is CC(OCC1CCCO1)C(=O)OCC(=O)c1ccc(F)c(F)c1. The van der Waals surface area contributed by atoms with E-state index < -0.39 is 36.1 Å². The fourth-order valence-electron chi connectivity index (χ4n) is 2.10. The number of carbonyl (C=O) groups is 2. The van der Waals surface area contributed by atoms with Gasteiger partial charge in [0, 0.05) is 12.2 Å². The minimum absolute atomic E-state index is 0.0194. The monoisotopic (exact) mass is 328 g/mol. The molecule has 1 aliphatic rings. The molecule has 1 fully saturated rings. The highest BCUT2D eigenvalue weighted by atomic mass is 19.2. The lowest BCUT2D eigenvalue weighted by Gasteiger charge is -2.15. The van der Waals surface area contributed by atoms with Crippen molar-refractivity contribution in [3.8, 4) is 0 Å². The molecule has 5 nitrogen and oxygen atoms in total. The third kappa shape index (κ3) is 5.07. The molecule has 0 saturated carbocycles. The van der Waals surface area contributed by atoms with Crippen molar-refractivity contribution in [3.05, 3.63) is 35.4 Å². The van der Waals surface area contributed by atoms with E-state index in [2.05, 4.69) is 0 Å². The van der Waals surface area contributed by atoms with E-state index in [0.29, 0.717) is 6.61 Å².